The first-order valence-corrected chi connectivity index (χ1v) is 9.73. The Labute approximate surface area is 150 Å². The molecule has 0 atom stereocenters. The molecule has 0 spiro atoms. The Morgan fingerprint density at radius 1 is 1.25 bits per heavy atom. The fourth-order valence-electron chi connectivity index (χ4n) is 2.66. The molecule has 0 aromatic heterocycles. The highest BCUT2D eigenvalue weighted by atomic mass is 35.5. The number of carbonyl (C=O) groups excluding carboxylic acids is 1. The van der Waals surface area contributed by atoms with Gasteiger partial charge in [0, 0.05) is 39.3 Å². The molecule has 1 heterocycles. The van der Waals surface area contributed by atoms with Crippen molar-refractivity contribution in [1.82, 2.24) is 15.5 Å². The smallest absolute Gasteiger partial charge is 0.252 e. The van der Waals surface area contributed by atoms with Crippen molar-refractivity contribution in [3.05, 3.63) is 29.8 Å². The van der Waals surface area contributed by atoms with Crippen LogP contribution < -0.4 is 10.6 Å². The molecule has 6 nitrogen and oxygen atoms in total. The summed E-state index contributed by atoms with van der Waals surface area (Å²) < 4.78 is 24.6. The van der Waals surface area contributed by atoms with Gasteiger partial charge in [-0.3, -0.25) is 9.69 Å². The van der Waals surface area contributed by atoms with Crippen LogP contribution in [0.1, 0.15) is 23.7 Å². The molecule has 0 bridgehead atoms. The standard InChI is InChI=1S/C16H25N3O3S.ClH/c1-2-13-23(21,22)15-6-4-3-5-14(15)16(20)18-9-12-19-10-7-17-8-11-19;/h3-6,17H,2,7-13H2,1H3,(H,18,20);1H. The number of hydrogen-bond donors (Lipinski definition) is 2. The minimum atomic E-state index is -3.41. The summed E-state index contributed by atoms with van der Waals surface area (Å²) in [5.74, 6) is -0.270. The van der Waals surface area contributed by atoms with Gasteiger partial charge in [0.1, 0.15) is 0 Å². The Kier molecular flexibility index (Phi) is 8.69. The van der Waals surface area contributed by atoms with Gasteiger partial charge in [-0.1, -0.05) is 19.1 Å². The highest BCUT2D eigenvalue weighted by Crippen LogP contribution is 2.17. The Balaban J connectivity index is 0.00000288. The molecule has 0 saturated carbocycles. The number of carbonyl (C=O) groups is 1. The molecule has 1 saturated heterocycles. The van der Waals surface area contributed by atoms with E-state index in [1.807, 2.05) is 6.92 Å². The number of nitrogens with one attached hydrogen (secondary N) is 2. The summed E-state index contributed by atoms with van der Waals surface area (Å²) >= 11 is 0. The Morgan fingerprint density at radius 3 is 2.58 bits per heavy atom. The molecule has 24 heavy (non-hydrogen) atoms. The van der Waals surface area contributed by atoms with E-state index in [2.05, 4.69) is 15.5 Å². The molecule has 1 aliphatic rings. The van der Waals surface area contributed by atoms with Crippen LogP contribution in [0.2, 0.25) is 0 Å². The van der Waals surface area contributed by atoms with Crippen molar-refractivity contribution in [2.24, 2.45) is 0 Å². The first-order valence-electron chi connectivity index (χ1n) is 8.07. The molecule has 2 N–H and O–H groups in total. The normalized spacial score (nSPS) is 15.5. The summed E-state index contributed by atoms with van der Waals surface area (Å²) in [4.78, 5) is 14.8. The van der Waals surface area contributed by atoms with E-state index < -0.39 is 9.84 Å². The number of rotatable bonds is 7. The van der Waals surface area contributed by atoms with Crippen molar-refractivity contribution in [1.29, 1.82) is 0 Å². The predicted octanol–water partition coefficient (Wildman–Crippen LogP) is 0.927. The van der Waals surface area contributed by atoms with Crippen molar-refractivity contribution in [3.63, 3.8) is 0 Å². The summed E-state index contributed by atoms with van der Waals surface area (Å²) in [5, 5.41) is 6.12. The molecule has 0 radical (unpaired) electrons. The molecule has 8 heteroatoms. The first-order chi connectivity index (χ1) is 11.0. The lowest BCUT2D eigenvalue weighted by atomic mass is 10.2. The molecule has 1 amide bonds. The van der Waals surface area contributed by atoms with Gasteiger partial charge in [0.25, 0.3) is 5.91 Å². The van der Waals surface area contributed by atoms with Gasteiger partial charge < -0.3 is 10.6 Å². The van der Waals surface area contributed by atoms with E-state index in [0.29, 0.717) is 13.0 Å². The largest absolute Gasteiger partial charge is 0.351 e. The average Bonchev–Trinajstić information content (AvgIpc) is 2.56. The number of benzene rings is 1. The second-order valence-electron chi connectivity index (χ2n) is 5.66. The van der Waals surface area contributed by atoms with Crippen LogP contribution in [-0.2, 0) is 9.84 Å². The third kappa shape index (κ3) is 5.73. The van der Waals surface area contributed by atoms with Gasteiger partial charge in [0.2, 0.25) is 0 Å². The summed E-state index contributed by atoms with van der Waals surface area (Å²) in [6.07, 6.45) is 0.529. The Hall–Kier alpha value is -1.15. The SMILES string of the molecule is CCCS(=O)(=O)c1ccccc1C(=O)NCCN1CCNCC1.Cl. The zero-order valence-electron chi connectivity index (χ0n) is 14.0. The van der Waals surface area contributed by atoms with Crippen LogP contribution in [0, 0.1) is 0 Å². The minimum Gasteiger partial charge on any atom is -0.351 e. The molecule has 0 unspecified atom stereocenters. The fraction of sp³-hybridized carbons (Fsp3) is 0.562. The maximum absolute atomic E-state index is 12.4. The molecule has 1 fully saturated rings. The molecule has 2 rings (SSSR count). The van der Waals surface area contributed by atoms with Gasteiger partial charge in [0.15, 0.2) is 9.84 Å². The maximum Gasteiger partial charge on any atom is 0.252 e. The first kappa shape index (κ1) is 20.9. The number of piperazine rings is 1. The number of nitrogens with zero attached hydrogens (tertiary/aromatic N) is 1. The van der Waals surface area contributed by atoms with E-state index in [9.17, 15) is 13.2 Å². The lowest BCUT2D eigenvalue weighted by molar-refractivity contribution is 0.0944. The van der Waals surface area contributed by atoms with Crippen LogP contribution in [0.3, 0.4) is 0 Å². The second kappa shape index (κ2) is 9.98. The minimum absolute atomic E-state index is 0. The molecule has 136 valence electrons. The van der Waals surface area contributed by atoms with Gasteiger partial charge in [-0.05, 0) is 18.6 Å². The van der Waals surface area contributed by atoms with Crippen molar-refractivity contribution in [3.8, 4) is 0 Å². The van der Waals surface area contributed by atoms with E-state index >= 15 is 0 Å². The van der Waals surface area contributed by atoms with Gasteiger partial charge >= 0.3 is 0 Å². The topological polar surface area (TPSA) is 78.5 Å². The van der Waals surface area contributed by atoms with E-state index in [-0.39, 0.29) is 34.5 Å². The van der Waals surface area contributed by atoms with Crippen molar-refractivity contribution in [2.75, 3.05) is 45.0 Å². The van der Waals surface area contributed by atoms with Crippen molar-refractivity contribution in [2.45, 2.75) is 18.2 Å². The number of halogens is 1. The predicted molar refractivity (Wildman–Crippen MR) is 97.7 cm³/mol. The highest BCUT2D eigenvalue weighted by Gasteiger charge is 2.21. The van der Waals surface area contributed by atoms with Gasteiger partial charge in [-0.25, -0.2) is 8.42 Å². The van der Waals surface area contributed by atoms with Crippen LogP contribution in [-0.4, -0.2) is 64.2 Å². The third-order valence-electron chi connectivity index (χ3n) is 3.86. The van der Waals surface area contributed by atoms with E-state index in [0.717, 1.165) is 32.7 Å². The zero-order valence-corrected chi connectivity index (χ0v) is 15.6. The Bertz CT molecular complexity index is 631. The van der Waals surface area contributed by atoms with Crippen LogP contribution in [0.5, 0.6) is 0 Å². The molecule has 1 aromatic carbocycles. The van der Waals surface area contributed by atoms with Crippen LogP contribution in [0.15, 0.2) is 29.2 Å². The van der Waals surface area contributed by atoms with Crippen LogP contribution in [0.25, 0.3) is 0 Å². The van der Waals surface area contributed by atoms with Gasteiger partial charge in [-0.15, -0.1) is 12.4 Å². The molecule has 1 aromatic rings. The molecule has 0 aliphatic carbocycles. The van der Waals surface area contributed by atoms with E-state index in [1.54, 1.807) is 18.2 Å². The summed E-state index contributed by atoms with van der Waals surface area (Å²) in [6.45, 7) is 6.97. The second-order valence-corrected chi connectivity index (χ2v) is 7.74. The van der Waals surface area contributed by atoms with Gasteiger partial charge in [0.05, 0.1) is 16.2 Å². The summed E-state index contributed by atoms with van der Waals surface area (Å²) in [7, 11) is -3.41. The lowest BCUT2D eigenvalue weighted by Gasteiger charge is -2.27. The highest BCUT2D eigenvalue weighted by molar-refractivity contribution is 7.91. The summed E-state index contributed by atoms with van der Waals surface area (Å²) in [6, 6.07) is 6.43. The fourth-order valence-corrected chi connectivity index (χ4v) is 4.20. The number of amides is 1. The number of hydrogen-bond acceptors (Lipinski definition) is 5. The molecule has 1 aliphatic heterocycles. The van der Waals surface area contributed by atoms with Gasteiger partial charge in [-0.2, -0.15) is 0 Å². The van der Waals surface area contributed by atoms with Crippen molar-refractivity contribution >= 4 is 28.2 Å². The van der Waals surface area contributed by atoms with Crippen LogP contribution in [0.4, 0.5) is 0 Å². The third-order valence-corrected chi connectivity index (χ3v) is 5.83. The average molecular weight is 376 g/mol. The van der Waals surface area contributed by atoms with Crippen LogP contribution >= 0.6 is 12.4 Å². The maximum atomic E-state index is 12.4. The van der Waals surface area contributed by atoms with E-state index in [1.165, 1.54) is 6.07 Å². The lowest BCUT2D eigenvalue weighted by Crippen LogP contribution is -2.46. The number of sulfone groups is 1. The molecular formula is C16H26ClN3O3S. The summed E-state index contributed by atoms with van der Waals surface area (Å²) in [5.41, 5.74) is 0.237. The zero-order chi connectivity index (χ0) is 16.7. The quantitative estimate of drug-likeness (QED) is 0.741. The Morgan fingerprint density at radius 2 is 1.92 bits per heavy atom. The van der Waals surface area contributed by atoms with E-state index in [4.69, 9.17) is 0 Å². The monoisotopic (exact) mass is 375 g/mol. The van der Waals surface area contributed by atoms with Crippen molar-refractivity contribution < 1.29 is 13.2 Å². The molecular weight excluding hydrogens is 350 g/mol.